The summed E-state index contributed by atoms with van der Waals surface area (Å²) in [6, 6.07) is 3.58. The number of hydrogen-bond donors (Lipinski definition) is 1. The summed E-state index contributed by atoms with van der Waals surface area (Å²) in [5.74, 6) is 0.647. The summed E-state index contributed by atoms with van der Waals surface area (Å²) in [7, 11) is 1.52. The van der Waals surface area contributed by atoms with Gasteiger partial charge in [0.25, 0.3) is 5.91 Å². The molecule has 6 nitrogen and oxygen atoms in total. The monoisotopic (exact) mass is 380 g/mol. The van der Waals surface area contributed by atoms with Gasteiger partial charge in [-0.05, 0) is 44.7 Å². The number of likely N-dealkylation sites (tertiary alicyclic amines) is 1. The summed E-state index contributed by atoms with van der Waals surface area (Å²) in [5, 5.41) is 3.38. The van der Waals surface area contributed by atoms with Crippen molar-refractivity contribution in [1.82, 2.24) is 10.2 Å². The molecule has 1 aromatic rings. The zero-order valence-electron chi connectivity index (χ0n) is 15.2. The van der Waals surface area contributed by atoms with E-state index in [9.17, 15) is 9.59 Å². The highest BCUT2D eigenvalue weighted by Crippen LogP contribution is 2.37. The van der Waals surface area contributed by atoms with Crippen molar-refractivity contribution in [3.8, 4) is 11.5 Å². The maximum atomic E-state index is 12.9. The largest absolute Gasteiger partial charge is 0.493 e. The highest BCUT2D eigenvalue weighted by Gasteiger charge is 2.32. The zero-order valence-corrected chi connectivity index (χ0v) is 16.0. The summed E-state index contributed by atoms with van der Waals surface area (Å²) in [4.78, 5) is 27.0. The molecule has 1 heterocycles. The Balaban J connectivity index is 1.73. The molecule has 1 aliphatic heterocycles. The Morgan fingerprint density at radius 2 is 2.08 bits per heavy atom. The van der Waals surface area contributed by atoms with Crippen LogP contribution in [0.25, 0.3) is 0 Å². The van der Waals surface area contributed by atoms with Gasteiger partial charge in [-0.25, -0.2) is 0 Å². The lowest BCUT2D eigenvalue weighted by Crippen LogP contribution is -2.45. The second kappa shape index (κ2) is 8.16. The number of piperidine rings is 1. The summed E-state index contributed by atoms with van der Waals surface area (Å²) in [5.41, 5.74) is 0.443. The Hall–Kier alpha value is -1.95. The van der Waals surface area contributed by atoms with Crippen LogP contribution in [0.4, 0.5) is 0 Å². The second-order valence-corrected chi connectivity index (χ2v) is 7.20. The number of hydrogen-bond acceptors (Lipinski definition) is 4. The lowest BCUT2D eigenvalue weighted by Gasteiger charge is -2.32. The van der Waals surface area contributed by atoms with E-state index in [0.717, 1.165) is 25.7 Å². The number of halogens is 1. The van der Waals surface area contributed by atoms with Crippen molar-refractivity contribution in [2.45, 2.75) is 38.6 Å². The number of ether oxygens (including phenoxy) is 2. The lowest BCUT2D eigenvalue weighted by atomic mass is 9.96. The molecule has 0 aromatic heterocycles. The summed E-state index contributed by atoms with van der Waals surface area (Å²) < 4.78 is 10.8. The standard InChI is InChI=1S/C19H25ClN2O4/c1-3-26-17-15(20)9-13(10-16(17)25-2)19(24)22-8-4-5-12(11-22)18(23)21-14-6-7-14/h9-10,12,14H,3-8,11H2,1-2H3,(H,21,23). The molecule has 2 amide bonds. The summed E-state index contributed by atoms with van der Waals surface area (Å²) in [6.07, 6.45) is 3.75. The molecular formula is C19H25ClN2O4. The van der Waals surface area contributed by atoms with Crippen LogP contribution in [0.2, 0.25) is 5.02 Å². The quantitative estimate of drug-likeness (QED) is 0.824. The van der Waals surface area contributed by atoms with Crippen LogP contribution in [0.1, 0.15) is 43.0 Å². The third kappa shape index (κ3) is 4.23. The Morgan fingerprint density at radius 1 is 1.31 bits per heavy atom. The highest BCUT2D eigenvalue weighted by molar-refractivity contribution is 6.32. The van der Waals surface area contributed by atoms with Crippen LogP contribution in [0.5, 0.6) is 11.5 Å². The minimum absolute atomic E-state index is 0.0623. The van der Waals surface area contributed by atoms with Crippen LogP contribution in [0.3, 0.4) is 0 Å². The second-order valence-electron chi connectivity index (χ2n) is 6.80. The van der Waals surface area contributed by atoms with Crippen LogP contribution < -0.4 is 14.8 Å². The molecule has 1 unspecified atom stereocenters. The van der Waals surface area contributed by atoms with Crippen molar-refractivity contribution in [3.63, 3.8) is 0 Å². The van der Waals surface area contributed by atoms with Gasteiger partial charge in [0, 0.05) is 24.7 Å². The van der Waals surface area contributed by atoms with Crippen molar-refractivity contribution in [3.05, 3.63) is 22.7 Å². The fourth-order valence-corrected chi connectivity index (χ4v) is 3.50. The summed E-state index contributed by atoms with van der Waals surface area (Å²) >= 11 is 6.28. The Kier molecular flexibility index (Phi) is 5.91. The van der Waals surface area contributed by atoms with Gasteiger partial charge in [0.05, 0.1) is 24.7 Å². The Labute approximate surface area is 158 Å². The molecule has 2 aliphatic rings. The van der Waals surface area contributed by atoms with Crippen molar-refractivity contribution in [2.75, 3.05) is 26.8 Å². The van der Waals surface area contributed by atoms with E-state index in [2.05, 4.69) is 5.32 Å². The molecule has 1 aromatic carbocycles. The highest BCUT2D eigenvalue weighted by atomic mass is 35.5. The molecule has 1 saturated heterocycles. The van der Waals surface area contributed by atoms with Crippen LogP contribution in [-0.4, -0.2) is 49.6 Å². The topological polar surface area (TPSA) is 67.9 Å². The number of amides is 2. The first kappa shape index (κ1) is 18.8. The molecule has 3 rings (SSSR count). The number of nitrogens with one attached hydrogen (secondary N) is 1. The van der Waals surface area contributed by atoms with Gasteiger partial charge in [-0.15, -0.1) is 0 Å². The molecule has 1 aliphatic carbocycles. The molecule has 0 spiro atoms. The van der Waals surface area contributed by atoms with Crippen molar-refractivity contribution in [2.24, 2.45) is 5.92 Å². The first-order chi connectivity index (χ1) is 12.5. The van der Waals surface area contributed by atoms with E-state index in [1.54, 1.807) is 17.0 Å². The molecule has 142 valence electrons. The fourth-order valence-electron chi connectivity index (χ4n) is 3.23. The third-order valence-electron chi connectivity index (χ3n) is 4.77. The Bertz CT molecular complexity index is 690. The van der Waals surface area contributed by atoms with E-state index < -0.39 is 0 Å². The van der Waals surface area contributed by atoms with Gasteiger partial charge in [-0.3, -0.25) is 9.59 Å². The number of nitrogens with zero attached hydrogens (tertiary/aromatic N) is 1. The molecule has 26 heavy (non-hydrogen) atoms. The first-order valence-corrected chi connectivity index (χ1v) is 9.51. The minimum Gasteiger partial charge on any atom is -0.493 e. The number of rotatable bonds is 6. The van der Waals surface area contributed by atoms with E-state index in [4.69, 9.17) is 21.1 Å². The van der Waals surface area contributed by atoms with Gasteiger partial charge in [0.15, 0.2) is 11.5 Å². The fraction of sp³-hybridized carbons (Fsp3) is 0.579. The van der Waals surface area contributed by atoms with Gasteiger partial charge < -0.3 is 19.7 Å². The first-order valence-electron chi connectivity index (χ1n) is 9.13. The van der Waals surface area contributed by atoms with Crippen molar-refractivity contribution in [1.29, 1.82) is 0 Å². The minimum atomic E-state index is -0.145. The van der Waals surface area contributed by atoms with Crippen molar-refractivity contribution < 1.29 is 19.1 Å². The molecule has 7 heteroatoms. The molecule has 1 atom stereocenters. The normalized spacial score (nSPS) is 19.8. The van der Waals surface area contributed by atoms with Crippen molar-refractivity contribution >= 4 is 23.4 Å². The third-order valence-corrected chi connectivity index (χ3v) is 5.05. The number of methoxy groups -OCH3 is 1. The molecule has 0 radical (unpaired) electrons. The number of benzene rings is 1. The van der Waals surface area contributed by atoms with Gasteiger partial charge in [0.2, 0.25) is 5.91 Å². The maximum Gasteiger partial charge on any atom is 0.254 e. The zero-order chi connectivity index (χ0) is 18.7. The van der Waals surface area contributed by atoms with Crippen LogP contribution in [0.15, 0.2) is 12.1 Å². The van der Waals surface area contributed by atoms with E-state index in [-0.39, 0.29) is 17.7 Å². The van der Waals surface area contributed by atoms with E-state index in [1.807, 2.05) is 6.92 Å². The van der Waals surface area contributed by atoms with E-state index in [1.165, 1.54) is 7.11 Å². The summed E-state index contributed by atoms with van der Waals surface area (Å²) in [6.45, 7) is 3.38. The lowest BCUT2D eigenvalue weighted by molar-refractivity contribution is -0.126. The van der Waals surface area contributed by atoms with Gasteiger partial charge >= 0.3 is 0 Å². The van der Waals surface area contributed by atoms with Crippen LogP contribution in [-0.2, 0) is 4.79 Å². The molecule has 0 bridgehead atoms. The van der Waals surface area contributed by atoms with Crippen LogP contribution in [0, 0.1) is 5.92 Å². The number of carbonyl (C=O) groups is 2. The molecule has 1 N–H and O–H groups in total. The van der Waals surface area contributed by atoms with Gasteiger partial charge in [-0.1, -0.05) is 11.6 Å². The van der Waals surface area contributed by atoms with E-state index in [0.29, 0.717) is 47.8 Å². The maximum absolute atomic E-state index is 12.9. The smallest absolute Gasteiger partial charge is 0.254 e. The molecule has 1 saturated carbocycles. The van der Waals surface area contributed by atoms with E-state index >= 15 is 0 Å². The molecule has 2 fully saturated rings. The predicted octanol–water partition coefficient (Wildman–Crippen LogP) is 2.88. The van der Waals surface area contributed by atoms with Gasteiger partial charge in [-0.2, -0.15) is 0 Å². The SMILES string of the molecule is CCOc1c(Cl)cc(C(=O)N2CCCC(C(=O)NC3CC3)C2)cc1OC. The molecular weight excluding hydrogens is 356 g/mol. The van der Waals surface area contributed by atoms with Gasteiger partial charge in [0.1, 0.15) is 0 Å². The van der Waals surface area contributed by atoms with Crippen LogP contribution >= 0.6 is 11.6 Å². The number of carbonyl (C=O) groups excluding carboxylic acids is 2. The predicted molar refractivity (Wildman–Crippen MR) is 99.0 cm³/mol. The average Bonchev–Trinajstić information content (AvgIpc) is 3.46. The Morgan fingerprint density at radius 3 is 2.73 bits per heavy atom. The average molecular weight is 381 g/mol.